The Bertz CT molecular complexity index is 1430. The molecule has 2 aromatic carbocycles. The average molecular weight is 439 g/mol. The second-order valence-electron chi connectivity index (χ2n) is 6.92. The van der Waals surface area contributed by atoms with E-state index < -0.39 is 11.2 Å². The van der Waals surface area contributed by atoms with Gasteiger partial charge in [0.2, 0.25) is 5.95 Å². The SMILES string of the molecule is Cn1c(=O)c2c(nc(N/N=C/c3ccccc3O)n2Cc2ccccc2Cl)n(C)c1=O. The molecule has 0 aliphatic heterocycles. The van der Waals surface area contributed by atoms with E-state index in [1.807, 2.05) is 18.2 Å². The van der Waals surface area contributed by atoms with Gasteiger partial charge >= 0.3 is 5.69 Å². The molecule has 10 heteroatoms. The molecule has 0 radical (unpaired) electrons. The molecule has 2 heterocycles. The lowest BCUT2D eigenvalue weighted by Gasteiger charge is -2.10. The molecule has 0 saturated carbocycles. The van der Waals surface area contributed by atoms with Crippen LogP contribution in [-0.2, 0) is 20.6 Å². The Morgan fingerprint density at radius 2 is 1.81 bits per heavy atom. The molecule has 158 valence electrons. The van der Waals surface area contributed by atoms with Gasteiger partial charge in [-0.15, -0.1) is 0 Å². The number of hydrogen-bond acceptors (Lipinski definition) is 6. The van der Waals surface area contributed by atoms with Crippen molar-refractivity contribution < 1.29 is 5.11 Å². The summed E-state index contributed by atoms with van der Waals surface area (Å²) in [4.78, 5) is 29.7. The first-order chi connectivity index (χ1) is 14.9. The molecule has 9 nitrogen and oxygen atoms in total. The number of anilines is 1. The van der Waals surface area contributed by atoms with Crippen molar-refractivity contribution in [1.82, 2.24) is 18.7 Å². The number of benzene rings is 2. The Morgan fingerprint density at radius 3 is 2.55 bits per heavy atom. The molecule has 0 aliphatic rings. The standard InChI is InChI=1S/C21H19ClN6O3/c1-26-18-17(19(30)27(2)21(26)31)28(12-14-8-3-5-9-15(14)22)20(24-18)25-23-11-13-7-4-6-10-16(13)29/h3-11,29H,12H2,1-2H3,(H,24,25)/b23-11+. The van der Waals surface area contributed by atoms with Gasteiger partial charge in [0.15, 0.2) is 11.2 Å². The Labute approximate surface area is 181 Å². The topological polar surface area (TPSA) is 106 Å². The Balaban J connectivity index is 1.85. The lowest BCUT2D eigenvalue weighted by molar-refractivity contribution is 0.474. The van der Waals surface area contributed by atoms with Crippen molar-refractivity contribution in [2.45, 2.75) is 6.54 Å². The van der Waals surface area contributed by atoms with Crippen molar-refractivity contribution in [3.63, 3.8) is 0 Å². The summed E-state index contributed by atoms with van der Waals surface area (Å²) >= 11 is 6.32. The first-order valence-corrected chi connectivity index (χ1v) is 9.73. The first-order valence-electron chi connectivity index (χ1n) is 9.35. The summed E-state index contributed by atoms with van der Waals surface area (Å²) < 4.78 is 3.96. The lowest BCUT2D eigenvalue weighted by Crippen LogP contribution is -2.37. The zero-order valence-electron chi connectivity index (χ0n) is 16.8. The number of imidazole rings is 1. The van der Waals surface area contributed by atoms with Gasteiger partial charge in [-0.2, -0.15) is 10.1 Å². The van der Waals surface area contributed by atoms with Gasteiger partial charge in [0, 0.05) is 24.7 Å². The number of aromatic hydroxyl groups is 1. The van der Waals surface area contributed by atoms with Gasteiger partial charge in [0.25, 0.3) is 5.56 Å². The molecule has 0 atom stereocenters. The molecule has 2 aromatic heterocycles. The van der Waals surface area contributed by atoms with E-state index in [1.54, 1.807) is 41.9 Å². The number of phenolic OH excluding ortho intramolecular Hbond substituents is 1. The van der Waals surface area contributed by atoms with Crippen molar-refractivity contribution in [3.05, 3.63) is 85.5 Å². The third-order valence-corrected chi connectivity index (χ3v) is 5.31. The summed E-state index contributed by atoms with van der Waals surface area (Å²) in [7, 11) is 2.96. The third kappa shape index (κ3) is 3.71. The van der Waals surface area contributed by atoms with Crippen LogP contribution in [0.2, 0.25) is 5.02 Å². The molecular formula is C21H19ClN6O3. The van der Waals surface area contributed by atoms with E-state index in [4.69, 9.17) is 11.6 Å². The Morgan fingerprint density at radius 1 is 1.10 bits per heavy atom. The number of hydrogen-bond donors (Lipinski definition) is 2. The average Bonchev–Trinajstić information content (AvgIpc) is 3.12. The molecule has 31 heavy (non-hydrogen) atoms. The van der Waals surface area contributed by atoms with Crippen LogP contribution in [0.25, 0.3) is 11.2 Å². The summed E-state index contributed by atoms with van der Waals surface area (Å²) in [6.45, 7) is 0.234. The largest absolute Gasteiger partial charge is 0.507 e. The number of fused-ring (bicyclic) bond motifs is 1. The van der Waals surface area contributed by atoms with Crippen LogP contribution >= 0.6 is 11.6 Å². The highest BCUT2D eigenvalue weighted by atomic mass is 35.5. The monoisotopic (exact) mass is 438 g/mol. The molecule has 0 amide bonds. The van der Waals surface area contributed by atoms with Crippen molar-refractivity contribution >= 4 is 34.9 Å². The van der Waals surface area contributed by atoms with E-state index in [9.17, 15) is 14.7 Å². The smallest absolute Gasteiger partial charge is 0.332 e. The zero-order chi connectivity index (χ0) is 22.1. The van der Waals surface area contributed by atoms with Gasteiger partial charge in [0.05, 0.1) is 12.8 Å². The van der Waals surface area contributed by atoms with Crippen molar-refractivity contribution in [1.29, 1.82) is 0 Å². The van der Waals surface area contributed by atoms with Gasteiger partial charge in [-0.3, -0.25) is 18.5 Å². The van der Waals surface area contributed by atoms with Crippen LogP contribution in [0.1, 0.15) is 11.1 Å². The number of halogens is 1. The maximum absolute atomic E-state index is 12.9. The summed E-state index contributed by atoms with van der Waals surface area (Å²) in [6.07, 6.45) is 1.44. The predicted octanol–water partition coefficient (Wildman–Crippen LogP) is 2.29. The van der Waals surface area contributed by atoms with E-state index in [0.29, 0.717) is 10.6 Å². The van der Waals surface area contributed by atoms with Crippen molar-refractivity contribution in [2.24, 2.45) is 19.2 Å². The normalized spacial score (nSPS) is 11.5. The van der Waals surface area contributed by atoms with Gasteiger partial charge < -0.3 is 5.11 Å². The van der Waals surface area contributed by atoms with Crippen molar-refractivity contribution in [3.8, 4) is 5.75 Å². The minimum absolute atomic E-state index is 0.0777. The fourth-order valence-electron chi connectivity index (χ4n) is 3.24. The van der Waals surface area contributed by atoms with Crippen LogP contribution in [0.4, 0.5) is 5.95 Å². The molecule has 0 unspecified atom stereocenters. The number of rotatable bonds is 5. The fourth-order valence-corrected chi connectivity index (χ4v) is 3.43. The summed E-state index contributed by atoms with van der Waals surface area (Å²) in [6, 6.07) is 14.0. The van der Waals surface area contributed by atoms with E-state index in [1.165, 1.54) is 17.8 Å². The van der Waals surface area contributed by atoms with Crippen molar-refractivity contribution in [2.75, 3.05) is 5.43 Å². The fraction of sp³-hybridized carbons (Fsp3) is 0.143. The van der Waals surface area contributed by atoms with Crippen LogP contribution in [0, 0.1) is 0 Å². The third-order valence-electron chi connectivity index (χ3n) is 4.94. The molecule has 4 aromatic rings. The van der Waals surface area contributed by atoms with Crippen LogP contribution < -0.4 is 16.7 Å². The maximum Gasteiger partial charge on any atom is 0.332 e. The molecule has 2 N–H and O–H groups in total. The molecule has 0 bridgehead atoms. The molecule has 4 rings (SSSR count). The minimum atomic E-state index is -0.482. The highest BCUT2D eigenvalue weighted by Gasteiger charge is 2.19. The number of phenols is 1. The van der Waals surface area contributed by atoms with Crippen LogP contribution in [0.3, 0.4) is 0 Å². The number of aromatic nitrogens is 4. The van der Waals surface area contributed by atoms with E-state index in [-0.39, 0.29) is 29.4 Å². The second-order valence-corrected chi connectivity index (χ2v) is 7.33. The number of para-hydroxylation sites is 1. The van der Waals surface area contributed by atoms with Crippen LogP contribution in [0.5, 0.6) is 5.75 Å². The molecule has 0 aliphatic carbocycles. The van der Waals surface area contributed by atoms with Gasteiger partial charge in [0.1, 0.15) is 5.75 Å². The Kier molecular flexibility index (Phi) is 5.35. The first kappa shape index (κ1) is 20.4. The summed E-state index contributed by atoms with van der Waals surface area (Å²) in [5, 5.41) is 14.6. The lowest BCUT2D eigenvalue weighted by atomic mass is 10.2. The number of hydrazone groups is 1. The summed E-state index contributed by atoms with van der Waals surface area (Å²) in [5.74, 6) is 0.328. The maximum atomic E-state index is 12.9. The Hall–Kier alpha value is -3.85. The van der Waals surface area contributed by atoms with E-state index in [2.05, 4.69) is 15.5 Å². The summed E-state index contributed by atoms with van der Waals surface area (Å²) in [5.41, 5.74) is 3.60. The van der Waals surface area contributed by atoms with E-state index in [0.717, 1.165) is 10.1 Å². The number of nitrogens with zero attached hydrogens (tertiary/aromatic N) is 5. The second kappa shape index (κ2) is 8.11. The number of aryl methyl sites for hydroxylation is 1. The van der Waals surface area contributed by atoms with Gasteiger partial charge in [-0.25, -0.2) is 10.2 Å². The highest BCUT2D eigenvalue weighted by Crippen LogP contribution is 2.22. The molecular weight excluding hydrogens is 420 g/mol. The zero-order valence-corrected chi connectivity index (χ0v) is 17.5. The van der Waals surface area contributed by atoms with Gasteiger partial charge in [-0.1, -0.05) is 41.9 Å². The van der Waals surface area contributed by atoms with E-state index >= 15 is 0 Å². The van der Waals surface area contributed by atoms with Gasteiger partial charge in [-0.05, 0) is 23.8 Å². The van der Waals surface area contributed by atoms with Crippen LogP contribution in [-0.4, -0.2) is 30.0 Å². The van der Waals surface area contributed by atoms with Crippen LogP contribution in [0.15, 0.2) is 63.2 Å². The highest BCUT2D eigenvalue weighted by molar-refractivity contribution is 6.31. The number of nitrogens with one attached hydrogen (secondary N) is 1. The predicted molar refractivity (Wildman–Crippen MR) is 120 cm³/mol. The molecule has 0 fully saturated rings. The molecule has 0 saturated heterocycles. The quantitative estimate of drug-likeness (QED) is 0.367. The minimum Gasteiger partial charge on any atom is -0.507 e. The molecule has 0 spiro atoms.